The number of hydrogen-bond acceptors (Lipinski definition) is 4. The molecule has 0 fully saturated rings. The minimum Gasteiger partial charge on any atom is -0.382 e. The van der Waals surface area contributed by atoms with Crippen LogP contribution in [0.4, 0.5) is 5.69 Å². The van der Waals surface area contributed by atoms with Crippen LogP contribution in [0.1, 0.15) is 25.6 Å². The monoisotopic (exact) mass is 489 g/mol. The minimum atomic E-state index is 0.346. The molecule has 0 aliphatic carbocycles. The summed E-state index contributed by atoms with van der Waals surface area (Å²) in [6, 6.07) is 21.8. The van der Waals surface area contributed by atoms with E-state index in [1.54, 1.807) is 11.3 Å². The summed E-state index contributed by atoms with van der Waals surface area (Å²) in [5.41, 5.74) is 9.49. The number of nitrogens with zero attached hydrogens (tertiary/aromatic N) is 2. The van der Waals surface area contributed by atoms with E-state index in [9.17, 15) is 0 Å². The molecule has 0 saturated carbocycles. The molecule has 0 aliphatic rings. The first-order chi connectivity index (χ1) is 17.5. The van der Waals surface area contributed by atoms with E-state index in [2.05, 4.69) is 113 Å². The minimum absolute atomic E-state index is 0.346. The van der Waals surface area contributed by atoms with Crippen LogP contribution in [-0.4, -0.2) is 26.2 Å². The number of aromatic nitrogens is 4. The van der Waals surface area contributed by atoms with Gasteiger partial charge in [0.1, 0.15) is 5.69 Å². The third-order valence-electron chi connectivity index (χ3n) is 6.30. The Kier molecular flexibility index (Phi) is 5.46. The summed E-state index contributed by atoms with van der Waals surface area (Å²) >= 11 is 1.78. The zero-order chi connectivity index (χ0) is 24.8. The van der Waals surface area contributed by atoms with E-state index >= 15 is 0 Å². The van der Waals surface area contributed by atoms with Crippen LogP contribution in [0.3, 0.4) is 0 Å². The van der Waals surface area contributed by atoms with Crippen molar-refractivity contribution in [3.05, 3.63) is 84.5 Å². The molecule has 4 aromatic heterocycles. The Bertz CT molecular complexity index is 1730. The number of allylic oxidation sites excluding steroid dienone is 1. The number of H-pyrrole nitrogens is 2. The van der Waals surface area contributed by atoms with Crippen LogP contribution in [0.15, 0.2) is 79.6 Å². The molecule has 0 amide bonds. The van der Waals surface area contributed by atoms with Crippen LogP contribution in [0, 0.1) is 0 Å². The molecule has 6 heteroatoms. The molecule has 0 atom stereocenters. The molecular weight excluding hydrogens is 462 g/mol. The van der Waals surface area contributed by atoms with Crippen molar-refractivity contribution >= 4 is 44.4 Å². The lowest BCUT2D eigenvalue weighted by molar-refractivity contribution is 0.898. The second-order valence-corrected chi connectivity index (χ2v) is 10.6. The van der Waals surface area contributed by atoms with Crippen LogP contribution < -0.4 is 5.32 Å². The van der Waals surface area contributed by atoms with Gasteiger partial charge in [-0.1, -0.05) is 24.8 Å². The largest absolute Gasteiger partial charge is 0.382 e. The van der Waals surface area contributed by atoms with Gasteiger partial charge < -0.3 is 10.3 Å². The van der Waals surface area contributed by atoms with Gasteiger partial charge in [-0.3, -0.25) is 10.1 Å². The zero-order valence-electron chi connectivity index (χ0n) is 20.5. The summed E-state index contributed by atoms with van der Waals surface area (Å²) in [5, 5.41) is 13.6. The first kappa shape index (κ1) is 22.3. The highest BCUT2D eigenvalue weighted by Crippen LogP contribution is 2.38. The van der Waals surface area contributed by atoms with Crippen LogP contribution in [0.25, 0.3) is 60.3 Å². The van der Waals surface area contributed by atoms with Gasteiger partial charge in [-0.2, -0.15) is 5.10 Å². The van der Waals surface area contributed by atoms with Crippen LogP contribution in [0.5, 0.6) is 0 Å². The van der Waals surface area contributed by atoms with Crippen molar-refractivity contribution in [1.29, 1.82) is 0 Å². The summed E-state index contributed by atoms with van der Waals surface area (Å²) < 4.78 is 0. The molecule has 36 heavy (non-hydrogen) atoms. The first-order valence-corrected chi connectivity index (χ1v) is 12.9. The Morgan fingerprint density at radius 3 is 2.64 bits per heavy atom. The third kappa shape index (κ3) is 3.99. The van der Waals surface area contributed by atoms with Crippen molar-refractivity contribution in [1.82, 2.24) is 20.2 Å². The van der Waals surface area contributed by atoms with Gasteiger partial charge in [0.2, 0.25) is 0 Å². The second kappa shape index (κ2) is 8.81. The van der Waals surface area contributed by atoms with E-state index in [0.29, 0.717) is 6.04 Å². The number of thiophene rings is 1. The van der Waals surface area contributed by atoms with Gasteiger partial charge in [0.25, 0.3) is 0 Å². The van der Waals surface area contributed by atoms with Gasteiger partial charge in [-0.05, 0) is 74.4 Å². The number of aromatic amines is 2. The molecule has 178 valence electrons. The molecule has 0 saturated heterocycles. The predicted molar refractivity (Wildman–Crippen MR) is 153 cm³/mol. The Hall–Kier alpha value is -4.16. The molecule has 6 rings (SSSR count). The van der Waals surface area contributed by atoms with E-state index in [1.807, 2.05) is 12.4 Å². The van der Waals surface area contributed by atoms with Gasteiger partial charge in [0.05, 0.1) is 16.9 Å². The second-order valence-electron chi connectivity index (χ2n) is 9.49. The summed E-state index contributed by atoms with van der Waals surface area (Å²) in [7, 11) is 0. The van der Waals surface area contributed by atoms with Crippen molar-refractivity contribution in [3.63, 3.8) is 0 Å². The molecule has 0 bridgehead atoms. The van der Waals surface area contributed by atoms with Crippen LogP contribution >= 0.6 is 11.3 Å². The third-order valence-corrected chi connectivity index (χ3v) is 7.58. The number of nitrogens with one attached hydrogen (secondary N) is 3. The molecule has 0 aliphatic heterocycles. The standard InChI is InChI=1S/C30H27N5S/c1-17(2)28-10-11-29(36-28)22-6-5-7-25-23(22)14-27(33-25)30-24-13-19(8-9-26(24)34-35-30)20-12-21(16-31-15-20)32-18(3)4/h5-16,18,32-33H,1H2,2-4H3,(H,34,35). The summed E-state index contributed by atoms with van der Waals surface area (Å²) in [6.07, 6.45) is 3.77. The Labute approximate surface area is 213 Å². The number of anilines is 1. The van der Waals surface area contributed by atoms with Crippen molar-refractivity contribution in [2.45, 2.75) is 26.8 Å². The van der Waals surface area contributed by atoms with Gasteiger partial charge in [0, 0.05) is 55.6 Å². The van der Waals surface area contributed by atoms with Gasteiger partial charge in [0.15, 0.2) is 0 Å². The van der Waals surface area contributed by atoms with E-state index in [-0.39, 0.29) is 0 Å². The smallest absolute Gasteiger partial charge is 0.116 e. The first-order valence-electron chi connectivity index (χ1n) is 12.0. The Balaban J connectivity index is 1.43. The molecule has 2 aromatic carbocycles. The van der Waals surface area contributed by atoms with Crippen molar-refractivity contribution in [3.8, 4) is 33.0 Å². The van der Waals surface area contributed by atoms with Crippen molar-refractivity contribution in [2.24, 2.45) is 0 Å². The van der Waals surface area contributed by atoms with Crippen LogP contribution in [-0.2, 0) is 0 Å². The summed E-state index contributed by atoms with van der Waals surface area (Å²) in [6.45, 7) is 10.4. The lowest BCUT2D eigenvalue weighted by Crippen LogP contribution is -2.09. The van der Waals surface area contributed by atoms with E-state index in [4.69, 9.17) is 0 Å². The molecule has 6 aromatic rings. The maximum Gasteiger partial charge on any atom is 0.116 e. The number of hydrogen-bond donors (Lipinski definition) is 3. The lowest BCUT2D eigenvalue weighted by Gasteiger charge is -2.11. The van der Waals surface area contributed by atoms with E-state index < -0.39 is 0 Å². The number of benzene rings is 2. The average Bonchev–Trinajstić information content (AvgIpc) is 3.60. The Morgan fingerprint density at radius 2 is 1.83 bits per heavy atom. The van der Waals surface area contributed by atoms with Crippen molar-refractivity contribution in [2.75, 3.05) is 5.32 Å². The predicted octanol–water partition coefficient (Wildman–Crippen LogP) is 8.36. The van der Waals surface area contributed by atoms with Gasteiger partial charge in [-0.25, -0.2) is 0 Å². The topological polar surface area (TPSA) is 69.4 Å². The highest BCUT2D eigenvalue weighted by atomic mass is 32.1. The van der Waals surface area contributed by atoms with Gasteiger partial charge >= 0.3 is 0 Å². The maximum atomic E-state index is 4.69. The lowest BCUT2D eigenvalue weighted by atomic mass is 10.0. The molecule has 4 heterocycles. The number of rotatable bonds is 6. The molecular formula is C30H27N5S. The fourth-order valence-electron chi connectivity index (χ4n) is 4.62. The normalized spacial score (nSPS) is 11.6. The maximum absolute atomic E-state index is 4.69. The fraction of sp³-hybridized carbons (Fsp3) is 0.133. The fourth-order valence-corrected chi connectivity index (χ4v) is 5.59. The number of fused-ring (bicyclic) bond motifs is 2. The quantitative estimate of drug-likeness (QED) is 0.220. The zero-order valence-corrected chi connectivity index (χ0v) is 21.3. The highest BCUT2D eigenvalue weighted by Gasteiger charge is 2.15. The summed E-state index contributed by atoms with van der Waals surface area (Å²) in [4.78, 5) is 10.5. The van der Waals surface area contributed by atoms with Crippen molar-refractivity contribution < 1.29 is 0 Å². The highest BCUT2D eigenvalue weighted by molar-refractivity contribution is 7.16. The molecule has 0 unspecified atom stereocenters. The SMILES string of the molecule is C=C(C)c1ccc(-c2cccc3[nH]c(-c4n[nH]c5ccc(-c6cncc(NC(C)C)c6)cc45)cc23)s1. The number of pyridine rings is 1. The summed E-state index contributed by atoms with van der Waals surface area (Å²) in [5.74, 6) is 0. The molecule has 0 spiro atoms. The van der Waals surface area contributed by atoms with E-state index in [1.165, 1.54) is 20.7 Å². The molecule has 3 N–H and O–H groups in total. The van der Waals surface area contributed by atoms with Crippen LogP contribution in [0.2, 0.25) is 0 Å². The average molecular weight is 490 g/mol. The molecule has 0 radical (unpaired) electrons. The van der Waals surface area contributed by atoms with E-state index in [0.717, 1.165) is 50.2 Å². The molecule has 5 nitrogen and oxygen atoms in total. The van der Waals surface area contributed by atoms with Gasteiger partial charge in [-0.15, -0.1) is 11.3 Å². The Morgan fingerprint density at radius 1 is 0.944 bits per heavy atom.